The van der Waals surface area contributed by atoms with Crippen LogP contribution in [0.4, 0.5) is 10.1 Å². The first-order valence-electron chi connectivity index (χ1n) is 4.93. The fraction of sp³-hybridized carbons (Fsp3) is 0.364. The van der Waals surface area contributed by atoms with Crippen molar-refractivity contribution in [1.82, 2.24) is 0 Å². The third-order valence-electron chi connectivity index (χ3n) is 2.66. The highest BCUT2D eigenvalue weighted by Gasteiger charge is 2.25. The van der Waals surface area contributed by atoms with Gasteiger partial charge in [-0.3, -0.25) is 4.79 Å². The first kappa shape index (κ1) is 10.6. The lowest BCUT2D eigenvalue weighted by atomic mass is 9.85. The smallest absolute Gasteiger partial charge is 0.227 e. The zero-order chi connectivity index (χ0) is 10.8. The summed E-state index contributed by atoms with van der Waals surface area (Å²) in [6.45, 7) is 0. The minimum Gasteiger partial charge on any atom is -0.323 e. The van der Waals surface area contributed by atoms with E-state index >= 15 is 0 Å². The van der Waals surface area contributed by atoms with Crippen LogP contribution < -0.4 is 5.32 Å². The molecule has 0 aliphatic heterocycles. The summed E-state index contributed by atoms with van der Waals surface area (Å²) in [6, 6.07) is 4.62. The van der Waals surface area contributed by atoms with Crippen molar-refractivity contribution < 1.29 is 9.18 Å². The van der Waals surface area contributed by atoms with E-state index in [1.807, 2.05) is 0 Å². The second-order valence-corrected chi connectivity index (χ2v) is 4.66. The Hall–Kier alpha value is -0.900. The molecule has 4 heteroatoms. The Labute approximate surface area is 96.0 Å². The van der Waals surface area contributed by atoms with E-state index in [2.05, 4.69) is 21.2 Å². The molecule has 80 valence electrons. The molecule has 1 aliphatic carbocycles. The zero-order valence-electron chi connectivity index (χ0n) is 8.09. The van der Waals surface area contributed by atoms with Crippen LogP contribution in [0.25, 0.3) is 0 Å². The number of benzene rings is 1. The lowest BCUT2D eigenvalue weighted by Crippen LogP contribution is -2.28. The number of anilines is 1. The minimum atomic E-state index is -0.406. The summed E-state index contributed by atoms with van der Waals surface area (Å²) in [5, 5.41) is 2.60. The van der Waals surface area contributed by atoms with Gasteiger partial charge in [0.1, 0.15) is 5.82 Å². The highest BCUT2D eigenvalue weighted by molar-refractivity contribution is 9.10. The van der Waals surface area contributed by atoms with Crippen molar-refractivity contribution in [3.63, 3.8) is 0 Å². The normalized spacial score (nSPS) is 15.9. The van der Waals surface area contributed by atoms with Crippen LogP contribution in [0.1, 0.15) is 19.3 Å². The molecule has 0 saturated heterocycles. The van der Waals surface area contributed by atoms with Gasteiger partial charge in [0.05, 0.1) is 5.69 Å². The topological polar surface area (TPSA) is 29.1 Å². The molecule has 0 heterocycles. The molecule has 2 rings (SSSR count). The van der Waals surface area contributed by atoms with Gasteiger partial charge in [-0.05, 0) is 31.0 Å². The van der Waals surface area contributed by atoms with E-state index in [-0.39, 0.29) is 17.5 Å². The lowest BCUT2D eigenvalue weighted by molar-refractivity contribution is -0.122. The molecular weight excluding hydrogens is 261 g/mol. The second kappa shape index (κ2) is 4.31. The number of carbonyl (C=O) groups is 1. The summed E-state index contributed by atoms with van der Waals surface area (Å²) in [5.74, 6) is -0.396. The van der Waals surface area contributed by atoms with Gasteiger partial charge in [0.2, 0.25) is 5.91 Å². The monoisotopic (exact) mass is 271 g/mol. The van der Waals surface area contributed by atoms with Gasteiger partial charge in [0.25, 0.3) is 0 Å². The molecule has 0 atom stereocenters. The van der Waals surface area contributed by atoms with Crippen LogP contribution in [0.15, 0.2) is 22.7 Å². The summed E-state index contributed by atoms with van der Waals surface area (Å²) in [7, 11) is 0. The van der Waals surface area contributed by atoms with Gasteiger partial charge in [-0.15, -0.1) is 0 Å². The van der Waals surface area contributed by atoms with Crippen LogP contribution in [-0.2, 0) is 4.79 Å². The Morgan fingerprint density at radius 2 is 2.20 bits per heavy atom. The molecule has 1 aromatic carbocycles. The quantitative estimate of drug-likeness (QED) is 0.879. The number of carbonyl (C=O) groups excluding carboxylic acids is 1. The van der Waals surface area contributed by atoms with Gasteiger partial charge < -0.3 is 5.32 Å². The number of hydrogen-bond acceptors (Lipinski definition) is 1. The van der Waals surface area contributed by atoms with E-state index < -0.39 is 5.82 Å². The summed E-state index contributed by atoms with van der Waals surface area (Å²) >= 11 is 3.16. The average molecular weight is 272 g/mol. The van der Waals surface area contributed by atoms with Gasteiger partial charge in [-0.1, -0.05) is 22.4 Å². The molecule has 1 saturated carbocycles. The molecular formula is C11H11BrFNO. The highest BCUT2D eigenvalue weighted by atomic mass is 79.9. The van der Waals surface area contributed by atoms with Crippen molar-refractivity contribution in [2.45, 2.75) is 19.3 Å². The molecule has 1 amide bonds. The largest absolute Gasteiger partial charge is 0.323 e. The molecule has 1 N–H and O–H groups in total. The Morgan fingerprint density at radius 3 is 2.73 bits per heavy atom. The van der Waals surface area contributed by atoms with Crippen molar-refractivity contribution in [2.24, 2.45) is 5.92 Å². The van der Waals surface area contributed by atoms with Crippen molar-refractivity contribution in [3.05, 3.63) is 28.5 Å². The van der Waals surface area contributed by atoms with E-state index in [4.69, 9.17) is 0 Å². The standard InChI is InChI=1S/C11H11BrFNO/c12-8-4-5-10(9(13)6-8)14-11(15)7-2-1-3-7/h4-7H,1-3H2,(H,14,15). The van der Waals surface area contributed by atoms with E-state index in [1.54, 1.807) is 12.1 Å². The minimum absolute atomic E-state index is 0.0672. The Bertz CT molecular complexity index is 390. The second-order valence-electron chi connectivity index (χ2n) is 3.74. The molecule has 0 radical (unpaired) electrons. The van der Waals surface area contributed by atoms with Crippen LogP contribution in [-0.4, -0.2) is 5.91 Å². The average Bonchev–Trinajstić information content (AvgIpc) is 2.07. The van der Waals surface area contributed by atoms with Crippen LogP contribution in [0, 0.1) is 11.7 Å². The van der Waals surface area contributed by atoms with Gasteiger partial charge in [0.15, 0.2) is 0 Å². The number of nitrogens with one attached hydrogen (secondary N) is 1. The predicted octanol–water partition coefficient (Wildman–Crippen LogP) is 3.33. The molecule has 2 nitrogen and oxygen atoms in total. The highest BCUT2D eigenvalue weighted by Crippen LogP contribution is 2.28. The van der Waals surface area contributed by atoms with Crippen molar-refractivity contribution >= 4 is 27.5 Å². The van der Waals surface area contributed by atoms with Crippen LogP contribution >= 0.6 is 15.9 Å². The van der Waals surface area contributed by atoms with Gasteiger partial charge in [-0.2, -0.15) is 0 Å². The van der Waals surface area contributed by atoms with E-state index in [9.17, 15) is 9.18 Å². The number of amides is 1. The summed E-state index contributed by atoms with van der Waals surface area (Å²) in [5.41, 5.74) is 0.259. The predicted molar refractivity (Wildman–Crippen MR) is 60.1 cm³/mol. The van der Waals surface area contributed by atoms with E-state index in [0.29, 0.717) is 4.47 Å². The van der Waals surface area contributed by atoms with Crippen LogP contribution in [0.2, 0.25) is 0 Å². The molecule has 1 aliphatic rings. The maximum Gasteiger partial charge on any atom is 0.227 e. The van der Waals surface area contributed by atoms with Gasteiger partial charge in [-0.25, -0.2) is 4.39 Å². The first-order valence-corrected chi connectivity index (χ1v) is 5.72. The molecule has 15 heavy (non-hydrogen) atoms. The van der Waals surface area contributed by atoms with Gasteiger partial charge >= 0.3 is 0 Å². The maximum absolute atomic E-state index is 13.4. The Balaban J connectivity index is 2.06. The first-order chi connectivity index (χ1) is 7.16. The van der Waals surface area contributed by atoms with E-state index in [0.717, 1.165) is 19.3 Å². The summed E-state index contributed by atoms with van der Waals surface area (Å²) in [6.07, 6.45) is 2.94. The molecule has 1 fully saturated rings. The van der Waals surface area contributed by atoms with Crippen molar-refractivity contribution in [1.29, 1.82) is 0 Å². The molecule has 0 spiro atoms. The lowest BCUT2D eigenvalue weighted by Gasteiger charge is -2.24. The Kier molecular flexibility index (Phi) is 3.05. The zero-order valence-corrected chi connectivity index (χ0v) is 9.68. The fourth-order valence-electron chi connectivity index (χ4n) is 1.50. The van der Waals surface area contributed by atoms with Crippen molar-refractivity contribution in [3.8, 4) is 0 Å². The van der Waals surface area contributed by atoms with Crippen LogP contribution in [0.5, 0.6) is 0 Å². The number of hydrogen-bond donors (Lipinski definition) is 1. The third-order valence-corrected chi connectivity index (χ3v) is 3.16. The molecule has 0 bridgehead atoms. The maximum atomic E-state index is 13.4. The number of halogens is 2. The molecule has 1 aromatic rings. The summed E-state index contributed by atoms with van der Waals surface area (Å²) < 4.78 is 14.0. The Morgan fingerprint density at radius 1 is 1.47 bits per heavy atom. The van der Waals surface area contributed by atoms with Gasteiger partial charge in [0, 0.05) is 10.4 Å². The van der Waals surface area contributed by atoms with Crippen molar-refractivity contribution in [2.75, 3.05) is 5.32 Å². The summed E-state index contributed by atoms with van der Waals surface area (Å²) in [4.78, 5) is 11.5. The molecule has 0 unspecified atom stereocenters. The van der Waals surface area contributed by atoms with E-state index in [1.165, 1.54) is 6.07 Å². The molecule has 0 aromatic heterocycles. The third kappa shape index (κ3) is 2.37. The SMILES string of the molecule is O=C(Nc1ccc(Br)cc1F)C1CCC1. The van der Waals surface area contributed by atoms with Crippen LogP contribution in [0.3, 0.4) is 0 Å². The fourth-order valence-corrected chi connectivity index (χ4v) is 1.83. The number of rotatable bonds is 2.